The number of aryl methyl sites for hydroxylation is 1. The Morgan fingerprint density at radius 3 is 2.84 bits per heavy atom. The number of imidazole rings is 1. The molecule has 0 aliphatic rings. The summed E-state index contributed by atoms with van der Waals surface area (Å²) in [6.45, 7) is 2.46. The first-order chi connectivity index (χ1) is 9.06. The molecule has 1 atom stereocenters. The number of ether oxygens (including phenoxy) is 1. The molecule has 0 amide bonds. The zero-order valence-electron chi connectivity index (χ0n) is 10.4. The molecule has 0 radical (unpaired) electrons. The van der Waals surface area contributed by atoms with Crippen LogP contribution in [-0.4, -0.2) is 27.4 Å². The normalized spacial score (nSPS) is 12.4. The van der Waals surface area contributed by atoms with Gasteiger partial charge in [0.1, 0.15) is 24.3 Å². The van der Waals surface area contributed by atoms with Crippen LogP contribution < -0.4 is 4.74 Å². The highest BCUT2D eigenvalue weighted by atomic mass is 35.5. The van der Waals surface area contributed by atoms with E-state index < -0.39 is 6.10 Å². The van der Waals surface area contributed by atoms with Crippen LogP contribution in [0.15, 0.2) is 30.6 Å². The van der Waals surface area contributed by atoms with Crippen LogP contribution in [0.4, 0.5) is 0 Å². The van der Waals surface area contributed by atoms with E-state index in [1.807, 2.05) is 17.7 Å². The zero-order chi connectivity index (χ0) is 13.8. The number of rotatable bonds is 5. The summed E-state index contributed by atoms with van der Waals surface area (Å²) >= 11 is 11.8. The molecule has 0 aliphatic carbocycles. The van der Waals surface area contributed by atoms with Gasteiger partial charge in [-0.3, -0.25) is 0 Å². The van der Waals surface area contributed by atoms with Gasteiger partial charge in [-0.1, -0.05) is 23.2 Å². The van der Waals surface area contributed by atoms with Crippen molar-refractivity contribution in [2.45, 2.75) is 19.6 Å². The maximum Gasteiger partial charge on any atom is 0.138 e. The van der Waals surface area contributed by atoms with E-state index in [1.54, 1.807) is 24.4 Å². The molecule has 0 fully saturated rings. The van der Waals surface area contributed by atoms with Gasteiger partial charge in [-0.05, 0) is 25.1 Å². The fraction of sp³-hybridized carbons (Fsp3) is 0.308. The van der Waals surface area contributed by atoms with E-state index in [1.165, 1.54) is 0 Å². The molecule has 19 heavy (non-hydrogen) atoms. The molecule has 1 heterocycles. The number of hydrogen-bond acceptors (Lipinski definition) is 3. The summed E-state index contributed by atoms with van der Waals surface area (Å²) in [6, 6.07) is 4.97. The van der Waals surface area contributed by atoms with Gasteiger partial charge >= 0.3 is 0 Å². The summed E-state index contributed by atoms with van der Waals surface area (Å²) in [6.07, 6.45) is 2.87. The number of benzene rings is 1. The Morgan fingerprint density at radius 2 is 2.21 bits per heavy atom. The molecule has 0 bridgehead atoms. The van der Waals surface area contributed by atoms with Gasteiger partial charge in [0.2, 0.25) is 0 Å². The largest absolute Gasteiger partial charge is 0.489 e. The van der Waals surface area contributed by atoms with Gasteiger partial charge in [0.05, 0.1) is 11.6 Å². The minimum absolute atomic E-state index is 0.152. The second-order valence-corrected chi connectivity index (χ2v) is 5.01. The van der Waals surface area contributed by atoms with Crippen LogP contribution in [-0.2, 0) is 6.54 Å². The van der Waals surface area contributed by atoms with Crippen LogP contribution in [0.3, 0.4) is 0 Å². The zero-order valence-corrected chi connectivity index (χ0v) is 11.9. The number of nitrogens with zero attached hydrogens (tertiary/aromatic N) is 2. The molecule has 0 unspecified atom stereocenters. The van der Waals surface area contributed by atoms with E-state index in [9.17, 15) is 5.11 Å². The van der Waals surface area contributed by atoms with Crippen molar-refractivity contribution in [3.05, 3.63) is 46.5 Å². The van der Waals surface area contributed by atoms with Crippen LogP contribution in [0.25, 0.3) is 0 Å². The van der Waals surface area contributed by atoms with Gasteiger partial charge in [0, 0.05) is 17.4 Å². The first-order valence-corrected chi connectivity index (χ1v) is 6.55. The standard InChI is InChI=1S/C13H14Cl2N2O2/c1-9-16-4-5-17(9)7-11(18)8-19-13-3-2-10(14)6-12(13)15/h2-6,11,18H,7-8H2,1H3/t11-/m0/s1. The maximum absolute atomic E-state index is 9.91. The van der Waals surface area contributed by atoms with Crippen molar-refractivity contribution in [1.29, 1.82) is 0 Å². The van der Waals surface area contributed by atoms with E-state index >= 15 is 0 Å². The molecule has 102 valence electrons. The minimum atomic E-state index is -0.639. The molecule has 1 aromatic carbocycles. The Balaban J connectivity index is 1.90. The van der Waals surface area contributed by atoms with Crippen LogP contribution in [0.2, 0.25) is 10.0 Å². The molecule has 0 aliphatic heterocycles. The Labute approximate surface area is 121 Å². The van der Waals surface area contributed by atoms with Gasteiger partial charge in [0.25, 0.3) is 0 Å². The second kappa shape index (κ2) is 6.28. The molecule has 2 aromatic rings. The van der Waals surface area contributed by atoms with Crippen LogP contribution >= 0.6 is 23.2 Å². The highest BCUT2D eigenvalue weighted by molar-refractivity contribution is 6.35. The second-order valence-electron chi connectivity index (χ2n) is 4.17. The Hall–Kier alpha value is -1.23. The highest BCUT2D eigenvalue weighted by Gasteiger charge is 2.09. The maximum atomic E-state index is 9.91. The van der Waals surface area contributed by atoms with Crippen molar-refractivity contribution in [3.63, 3.8) is 0 Å². The minimum Gasteiger partial charge on any atom is -0.489 e. The van der Waals surface area contributed by atoms with Crippen molar-refractivity contribution in [1.82, 2.24) is 9.55 Å². The number of halogens is 2. The molecule has 0 spiro atoms. The fourth-order valence-electron chi connectivity index (χ4n) is 1.65. The van der Waals surface area contributed by atoms with E-state index in [4.69, 9.17) is 27.9 Å². The summed E-state index contributed by atoms with van der Waals surface area (Å²) in [5, 5.41) is 10.9. The van der Waals surface area contributed by atoms with Gasteiger partial charge in [-0.25, -0.2) is 4.98 Å². The van der Waals surface area contributed by atoms with E-state index in [-0.39, 0.29) is 6.61 Å². The summed E-state index contributed by atoms with van der Waals surface area (Å²) < 4.78 is 7.33. The van der Waals surface area contributed by atoms with Crippen molar-refractivity contribution in [3.8, 4) is 5.75 Å². The molecular formula is C13H14Cl2N2O2. The van der Waals surface area contributed by atoms with Crippen molar-refractivity contribution >= 4 is 23.2 Å². The van der Waals surface area contributed by atoms with Crippen molar-refractivity contribution < 1.29 is 9.84 Å². The van der Waals surface area contributed by atoms with Gasteiger partial charge in [-0.15, -0.1) is 0 Å². The molecule has 1 aromatic heterocycles. The Morgan fingerprint density at radius 1 is 1.42 bits per heavy atom. The van der Waals surface area contributed by atoms with Crippen LogP contribution in [0.5, 0.6) is 5.75 Å². The topological polar surface area (TPSA) is 47.3 Å². The lowest BCUT2D eigenvalue weighted by atomic mass is 10.3. The molecule has 0 saturated heterocycles. The first-order valence-electron chi connectivity index (χ1n) is 5.80. The van der Waals surface area contributed by atoms with Crippen molar-refractivity contribution in [2.75, 3.05) is 6.61 Å². The summed E-state index contributed by atoms with van der Waals surface area (Å²) in [5.41, 5.74) is 0. The molecule has 4 nitrogen and oxygen atoms in total. The van der Waals surface area contributed by atoms with Crippen LogP contribution in [0, 0.1) is 6.92 Å². The molecule has 6 heteroatoms. The summed E-state index contributed by atoms with van der Waals surface area (Å²) in [4.78, 5) is 4.09. The predicted octanol–water partition coefficient (Wildman–Crippen LogP) is 2.94. The predicted molar refractivity (Wildman–Crippen MR) is 74.9 cm³/mol. The number of hydrogen-bond donors (Lipinski definition) is 1. The monoisotopic (exact) mass is 300 g/mol. The molecule has 2 rings (SSSR count). The average Bonchev–Trinajstić information content (AvgIpc) is 2.74. The van der Waals surface area contributed by atoms with Gasteiger partial charge < -0.3 is 14.4 Å². The third kappa shape index (κ3) is 3.86. The summed E-state index contributed by atoms with van der Waals surface area (Å²) in [7, 11) is 0. The lowest BCUT2D eigenvalue weighted by Crippen LogP contribution is -2.23. The molecule has 1 N–H and O–H groups in total. The quantitative estimate of drug-likeness (QED) is 0.923. The average molecular weight is 301 g/mol. The van der Waals surface area contributed by atoms with Crippen molar-refractivity contribution in [2.24, 2.45) is 0 Å². The Kier molecular flexibility index (Phi) is 4.69. The highest BCUT2D eigenvalue weighted by Crippen LogP contribution is 2.27. The fourth-order valence-corrected chi connectivity index (χ4v) is 2.12. The number of aliphatic hydroxyl groups is 1. The van der Waals surface area contributed by atoms with E-state index in [0.29, 0.717) is 22.3 Å². The van der Waals surface area contributed by atoms with E-state index in [0.717, 1.165) is 5.82 Å². The number of aliphatic hydroxyl groups excluding tert-OH is 1. The Bertz CT molecular complexity index is 557. The van der Waals surface area contributed by atoms with Gasteiger partial charge in [-0.2, -0.15) is 0 Å². The number of aromatic nitrogens is 2. The summed E-state index contributed by atoms with van der Waals surface area (Å²) in [5.74, 6) is 1.36. The lowest BCUT2D eigenvalue weighted by molar-refractivity contribution is 0.0920. The first kappa shape index (κ1) is 14.2. The van der Waals surface area contributed by atoms with Crippen LogP contribution in [0.1, 0.15) is 5.82 Å². The SMILES string of the molecule is Cc1nccn1C[C@H](O)COc1ccc(Cl)cc1Cl. The van der Waals surface area contributed by atoms with E-state index in [2.05, 4.69) is 4.98 Å². The molecule has 0 saturated carbocycles. The van der Waals surface area contributed by atoms with Gasteiger partial charge in [0.15, 0.2) is 0 Å². The molecular weight excluding hydrogens is 287 g/mol. The lowest BCUT2D eigenvalue weighted by Gasteiger charge is -2.14. The third-order valence-corrected chi connectivity index (χ3v) is 3.19. The third-order valence-electron chi connectivity index (χ3n) is 2.66. The smallest absolute Gasteiger partial charge is 0.138 e.